The van der Waals surface area contributed by atoms with Crippen LogP contribution in [0.3, 0.4) is 0 Å². The molecule has 3 nitrogen and oxygen atoms in total. The van der Waals surface area contributed by atoms with Crippen LogP contribution in [0, 0.1) is 5.92 Å². The number of benzene rings is 1. The van der Waals surface area contributed by atoms with Gasteiger partial charge < -0.3 is 15.6 Å². The Kier molecular flexibility index (Phi) is 3.61. The number of phenols is 1. The van der Waals surface area contributed by atoms with Gasteiger partial charge in [0.1, 0.15) is 11.5 Å². The van der Waals surface area contributed by atoms with Crippen LogP contribution >= 0.6 is 12.4 Å². The summed E-state index contributed by atoms with van der Waals surface area (Å²) in [6.45, 7) is 1.32. The van der Waals surface area contributed by atoms with Crippen LogP contribution in [0.25, 0.3) is 0 Å². The van der Waals surface area contributed by atoms with Gasteiger partial charge in [-0.05, 0) is 36.7 Å². The SMILES string of the molecule is Cl.NCC1COc2ccc(O)cc2C1. The Bertz CT molecular complexity index is 317. The van der Waals surface area contributed by atoms with Gasteiger partial charge in [0.15, 0.2) is 0 Å². The molecule has 0 fully saturated rings. The maximum Gasteiger partial charge on any atom is 0.122 e. The van der Waals surface area contributed by atoms with E-state index in [1.54, 1.807) is 18.2 Å². The lowest BCUT2D eigenvalue weighted by Crippen LogP contribution is -2.27. The number of rotatable bonds is 1. The molecule has 0 aliphatic carbocycles. The second-order valence-electron chi connectivity index (χ2n) is 3.41. The van der Waals surface area contributed by atoms with Crippen LogP contribution in [0.1, 0.15) is 5.56 Å². The first-order chi connectivity index (χ1) is 6.29. The van der Waals surface area contributed by atoms with Gasteiger partial charge in [-0.15, -0.1) is 12.4 Å². The van der Waals surface area contributed by atoms with Crippen LogP contribution in [0.2, 0.25) is 0 Å². The summed E-state index contributed by atoms with van der Waals surface area (Å²) in [4.78, 5) is 0. The maximum atomic E-state index is 9.26. The van der Waals surface area contributed by atoms with Gasteiger partial charge in [-0.25, -0.2) is 0 Å². The van der Waals surface area contributed by atoms with Gasteiger partial charge in [0, 0.05) is 5.92 Å². The summed E-state index contributed by atoms with van der Waals surface area (Å²) in [5.74, 6) is 1.55. The summed E-state index contributed by atoms with van der Waals surface area (Å²) in [5.41, 5.74) is 6.61. The van der Waals surface area contributed by atoms with Crippen molar-refractivity contribution < 1.29 is 9.84 Å². The number of hydrogen-bond acceptors (Lipinski definition) is 3. The van der Waals surface area contributed by atoms with Crippen molar-refractivity contribution in [1.82, 2.24) is 0 Å². The van der Waals surface area contributed by atoms with E-state index in [2.05, 4.69) is 0 Å². The molecule has 4 heteroatoms. The minimum atomic E-state index is 0. The van der Waals surface area contributed by atoms with Crippen LogP contribution in [-0.2, 0) is 6.42 Å². The quantitative estimate of drug-likeness (QED) is 0.743. The summed E-state index contributed by atoms with van der Waals surface area (Å²) in [6.07, 6.45) is 0.903. The molecule has 0 radical (unpaired) electrons. The number of phenolic OH excluding ortho intramolecular Hbond substituents is 1. The molecule has 1 aliphatic rings. The molecule has 1 heterocycles. The Labute approximate surface area is 89.3 Å². The first-order valence-electron chi connectivity index (χ1n) is 4.44. The fraction of sp³-hybridized carbons (Fsp3) is 0.400. The highest BCUT2D eigenvalue weighted by atomic mass is 35.5. The highest BCUT2D eigenvalue weighted by Gasteiger charge is 2.18. The molecular formula is C10H14ClNO2. The molecule has 1 aromatic carbocycles. The normalized spacial score (nSPS) is 19.1. The lowest BCUT2D eigenvalue weighted by atomic mass is 9.97. The highest BCUT2D eigenvalue weighted by molar-refractivity contribution is 5.85. The van der Waals surface area contributed by atoms with Gasteiger partial charge in [0.05, 0.1) is 6.61 Å². The van der Waals surface area contributed by atoms with Crippen LogP contribution < -0.4 is 10.5 Å². The van der Waals surface area contributed by atoms with Crippen molar-refractivity contribution in [3.63, 3.8) is 0 Å². The molecular weight excluding hydrogens is 202 g/mol. The number of hydrogen-bond donors (Lipinski definition) is 2. The third-order valence-corrected chi connectivity index (χ3v) is 2.36. The molecule has 0 saturated carbocycles. The summed E-state index contributed by atoms with van der Waals surface area (Å²) in [7, 11) is 0. The average Bonchev–Trinajstić information content (AvgIpc) is 2.16. The third-order valence-electron chi connectivity index (χ3n) is 2.36. The molecule has 0 saturated heterocycles. The van der Waals surface area contributed by atoms with E-state index in [-0.39, 0.29) is 12.4 Å². The van der Waals surface area contributed by atoms with Gasteiger partial charge in [0.25, 0.3) is 0 Å². The van der Waals surface area contributed by atoms with Gasteiger partial charge >= 0.3 is 0 Å². The van der Waals surface area contributed by atoms with Crippen LogP contribution in [0.15, 0.2) is 18.2 Å². The first kappa shape index (κ1) is 11.1. The van der Waals surface area contributed by atoms with Crippen molar-refractivity contribution in [3.05, 3.63) is 23.8 Å². The molecule has 1 aliphatic heterocycles. The van der Waals surface area contributed by atoms with Gasteiger partial charge in [-0.2, -0.15) is 0 Å². The molecule has 0 aromatic heterocycles. The van der Waals surface area contributed by atoms with E-state index in [9.17, 15) is 5.11 Å². The Morgan fingerprint density at radius 2 is 2.29 bits per heavy atom. The van der Waals surface area contributed by atoms with E-state index in [0.717, 1.165) is 17.7 Å². The van der Waals surface area contributed by atoms with Crippen LogP contribution in [0.4, 0.5) is 0 Å². The molecule has 0 spiro atoms. The molecule has 0 bridgehead atoms. The predicted octanol–water partition coefficient (Wildman–Crippen LogP) is 1.32. The number of nitrogens with two attached hydrogens (primary N) is 1. The number of ether oxygens (including phenoxy) is 1. The molecule has 1 aromatic rings. The molecule has 3 N–H and O–H groups in total. The van der Waals surface area contributed by atoms with Crippen molar-refractivity contribution >= 4 is 12.4 Å². The summed E-state index contributed by atoms with van der Waals surface area (Å²) >= 11 is 0. The van der Waals surface area contributed by atoms with Crippen molar-refractivity contribution in [2.45, 2.75) is 6.42 Å². The van der Waals surface area contributed by atoms with E-state index < -0.39 is 0 Å². The Morgan fingerprint density at radius 3 is 3.00 bits per heavy atom. The minimum absolute atomic E-state index is 0. The van der Waals surface area contributed by atoms with E-state index in [4.69, 9.17) is 10.5 Å². The lowest BCUT2D eigenvalue weighted by Gasteiger charge is -2.24. The standard InChI is InChI=1S/C10H13NO2.ClH/c11-5-7-3-8-4-9(12)1-2-10(8)13-6-7;/h1-2,4,7,12H,3,5-6,11H2;1H. The second kappa shape index (κ2) is 4.53. The fourth-order valence-electron chi connectivity index (χ4n) is 1.60. The van der Waals surface area contributed by atoms with Gasteiger partial charge in [-0.1, -0.05) is 0 Å². The van der Waals surface area contributed by atoms with Crippen LogP contribution in [-0.4, -0.2) is 18.3 Å². The third kappa shape index (κ3) is 2.11. The van der Waals surface area contributed by atoms with Gasteiger partial charge in [0.2, 0.25) is 0 Å². The van der Waals surface area contributed by atoms with Crippen LogP contribution in [0.5, 0.6) is 11.5 Å². The zero-order valence-electron chi connectivity index (χ0n) is 7.77. The average molecular weight is 216 g/mol. The molecule has 14 heavy (non-hydrogen) atoms. The maximum absolute atomic E-state index is 9.26. The lowest BCUT2D eigenvalue weighted by molar-refractivity contribution is 0.226. The number of halogens is 1. The predicted molar refractivity (Wildman–Crippen MR) is 57.1 cm³/mol. The zero-order valence-corrected chi connectivity index (χ0v) is 8.59. The molecule has 78 valence electrons. The molecule has 0 amide bonds. The van der Waals surface area contributed by atoms with E-state index in [1.807, 2.05) is 0 Å². The largest absolute Gasteiger partial charge is 0.508 e. The summed E-state index contributed by atoms with van der Waals surface area (Å²) in [6, 6.07) is 5.19. The van der Waals surface area contributed by atoms with E-state index >= 15 is 0 Å². The van der Waals surface area contributed by atoms with Crippen molar-refractivity contribution in [2.24, 2.45) is 11.7 Å². The van der Waals surface area contributed by atoms with Crippen molar-refractivity contribution in [3.8, 4) is 11.5 Å². The fourth-order valence-corrected chi connectivity index (χ4v) is 1.60. The second-order valence-corrected chi connectivity index (χ2v) is 3.41. The van der Waals surface area contributed by atoms with Crippen molar-refractivity contribution in [1.29, 1.82) is 0 Å². The highest BCUT2D eigenvalue weighted by Crippen LogP contribution is 2.29. The van der Waals surface area contributed by atoms with Gasteiger partial charge in [-0.3, -0.25) is 0 Å². The number of aromatic hydroxyl groups is 1. The smallest absolute Gasteiger partial charge is 0.122 e. The summed E-state index contributed by atoms with van der Waals surface area (Å²) in [5, 5.41) is 9.26. The Morgan fingerprint density at radius 1 is 1.50 bits per heavy atom. The topological polar surface area (TPSA) is 55.5 Å². The molecule has 2 rings (SSSR count). The summed E-state index contributed by atoms with van der Waals surface area (Å²) < 4.78 is 5.49. The monoisotopic (exact) mass is 215 g/mol. The van der Waals surface area contributed by atoms with Crippen molar-refractivity contribution in [2.75, 3.05) is 13.2 Å². The minimum Gasteiger partial charge on any atom is -0.508 e. The van der Waals surface area contributed by atoms with E-state index in [0.29, 0.717) is 24.8 Å². The first-order valence-corrected chi connectivity index (χ1v) is 4.44. The molecule has 1 atom stereocenters. The Balaban J connectivity index is 0.000000980. The number of fused-ring (bicyclic) bond motifs is 1. The molecule has 1 unspecified atom stereocenters. The Hall–Kier alpha value is -0.930. The zero-order chi connectivity index (χ0) is 9.26. The van der Waals surface area contributed by atoms with E-state index in [1.165, 1.54) is 0 Å².